The van der Waals surface area contributed by atoms with Crippen LogP contribution in [0.3, 0.4) is 0 Å². The lowest BCUT2D eigenvalue weighted by Gasteiger charge is -2.20. The summed E-state index contributed by atoms with van der Waals surface area (Å²) in [7, 11) is 0. The van der Waals surface area contributed by atoms with E-state index in [-0.39, 0.29) is 5.91 Å². The van der Waals surface area contributed by atoms with Gasteiger partial charge in [-0.2, -0.15) is 10.4 Å². The maximum atomic E-state index is 13.1. The van der Waals surface area contributed by atoms with Crippen LogP contribution in [-0.2, 0) is 0 Å². The molecule has 0 unspecified atom stereocenters. The Morgan fingerprint density at radius 3 is 2.81 bits per heavy atom. The maximum Gasteiger partial charge on any atom is 0.259 e. The summed E-state index contributed by atoms with van der Waals surface area (Å²) in [6.07, 6.45) is 5.93. The van der Waals surface area contributed by atoms with Crippen LogP contribution in [0.2, 0.25) is 0 Å². The molecular formula is C20H19N5O. The highest BCUT2D eigenvalue weighted by molar-refractivity contribution is 6.00. The van der Waals surface area contributed by atoms with Crippen molar-refractivity contribution in [3.63, 3.8) is 0 Å². The predicted octanol–water partition coefficient (Wildman–Crippen LogP) is 3.16. The summed E-state index contributed by atoms with van der Waals surface area (Å²) in [5, 5.41) is 13.3. The molecule has 1 amide bonds. The van der Waals surface area contributed by atoms with Gasteiger partial charge in [0.1, 0.15) is 5.56 Å². The second kappa shape index (κ2) is 6.96. The third-order valence-corrected chi connectivity index (χ3v) is 4.66. The van der Waals surface area contributed by atoms with Crippen molar-refractivity contribution in [2.45, 2.75) is 19.3 Å². The van der Waals surface area contributed by atoms with Crippen LogP contribution in [0.1, 0.15) is 29.6 Å². The van der Waals surface area contributed by atoms with Crippen LogP contribution >= 0.6 is 0 Å². The van der Waals surface area contributed by atoms with E-state index in [1.165, 1.54) is 0 Å². The Morgan fingerprint density at radius 2 is 2.08 bits per heavy atom. The highest BCUT2D eigenvalue weighted by atomic mass is 16.2. The second-order valence-electron chi connectivity index (χ2n) is 6.59. The SMILES string of the molecule is N#CCCN(CC1CC1)C(=O)c1cnn2c(-c3ccccc3)ccnc12. The molecule has 4 rings (SSSR count). The largest absolute Gasteiger partial charge is 0.337 e. The molecule has 3 aromatic rings. The minimum Gasteiger partial charge on any atom is -0.337 e. The fourth-order valence-electron chi connectivity index (χ4n) is 3.11. The van der Waals surface area contributed by atoms with Crippen molar-refractivity contribution < 1.29 is 4.79 Å². The molecule has 1 saturated carbocycles. The van der Waals surface area contributed by atoms with Gasteiger partial charge in [0.15, 0.2) is 5.65 Å². The van der Waals surface area contributed by atoms with Crippen molar-refractivity contribution in [2.24, 2.45) is 5.92 Å². The number of carbonyl (C=O) groups excluding carboxylic acids is 1. The second-order valence-corrected chi connectivity index (χ2v) is 6.59. The van der Waals surface area contributed by atoms with Gasteiger partial charge in [-0.05, 0) is 24.8 Å². The fourth-order valence-corrected chi connectivity index (χ4v) is 3.11. The molecule has 130 valence electrons. The minimum absolute atomic E-state index is 0.0974. The number of amides is 1. The Balaban J connectivity index is 1.70. The van der Waals surface area contributed by atoms with Crippen LogP contribution in [0.4, 0.5) is 0 Å². The van der Waals surface area contributed by atoms with Crippen molar-refractivity contribution in [3.8, 4) is 17.3 Å². The Morgan fingerprint density at radius 1 is 1.27 bits per heavy atom. The molecule has 6 nitrogen and oxygen atoms in total. The first kappa shape index (κ1) is 16.3. The van der Waals surface area contributed by atoms with E-state index in [9.17, 15) is 4.79 Å². The topological polar surface area (TPSA) is 74.3 Å². The molecule has 1 fully saturated rings. The number of benzene rings is 1. The average Bonchev–Trinajstić information content (AvgIpc) is 3.40. The molecule has 6 heteroatoms. The van der Waals surface area contributed by atoms with Crippen molar-refractivity contribution in [2.75, 3.05) is 13.1 Å². The number of aromatic nitrogens is 3. The van der Waals surface area contributed by atoms with E-state index in [1.807, 2.05) is 36.4 Å². The molecule has 0 atom stereocenters. The number of hydrogen-bond donors (Lipinski definition) is 0. The van der Waals surface area contributed by atoms with Crippen LogP contribution in [0, 0.1) is 17.2 Å². The van der Waals surface area contributed by atoms with Gasteiger partial charge in [-0.3, -0.25) is 4.79 Å². The molecule has 0 spiro atoms. The minimum atomic E-state index is -0.0974. The Kier molecular flexibility index (Phi) is 4.36. The zero-order chi connectivity index (χ0) is 17.9. The van der Waals surface area contributed by atoms with E-state index >= 15 is 0 Å². The van der Waals surface area contributed by atoms with Gasteiger partial charge in [0.2, 0.25) is 0 Å². The van der Waals surface area contributed by atoms with Crippen LogP contribution in [0.25, 0.3) is 16.9 Å². The van der Waals surface area contributed by atoms with Gasteiger partial charge in [-0.25, -0.2) is 9.50 Å². The summed E-state index contributed by atoms with van der Waals surface area (Å²) in [4.78, 5) is 19.2. The fraction of sp³-hybridized carbons (Fsp3) is 0.300. The Bertz CT molecular complexity index is 969. The van der Waals surface area contributed by atoms with Crippen molar-refractivity contribution in [1.82, 2.24) is 19.5 Å². The zero-order valence-electron chi connectivity index (χ0n) is 14.4. The summed E-state index contributed by atoms with van der Waals surface area (Å²) in [6.45, 7) is 1.15. The Labute approximate surface area is 151 Å². The van der Waals surface area contributed by atoms with Gasteiger partial charge in [-0.1, -0.05) is 30.3 Å². The van der Waals surface area contributed by atoms with Crippen molar-refractivity contribution >= 4 is 11.6 Å². The van der Waals surface area contributed by atoms with Gasteiger partial charge in [-0.15, -0.1) is 0 Å². The number of carbonyl (C=O) groups is 1. The summed E-state index contributed by atoms with van der Waals surface area (Å²) >= 11 is 0. The maximum absolute atomic E-state index is 13.1. The Hall–Kier alpha value is -3.20. The lowest BCUT2D eigenvalue weighted by Crippen LogP contribution is -2.33. The highest BCUT2D eigenvalue weighted by Crippen LogP contribution is 2.30. The first-order valence-electron chi connectivity index (χ1n) is 8.82. The van der Waals surface area contributed by atoms with Crippen LogP contribution in [0.5, 0.6) is 0 Å². The van der Waals surface area contributed by atoms with Gasteiger partial charge < -0.3 is 4.90 Å². The molecule has 0 radical (unpaired) electrons. The summed E-state index contributed by atoms with van der Waals surface area (Å²) in [6, 6.07) is 13.9. The molecule has 1 aliphatic rings. The third kappa shape index (κ3) is 3.16. The number of nitrogens with zero attached hydrogens (tertiary/aromatic N) is 5. The lowest BCUT2D eigenvalue weighted by atomic mass is 10.1. The molecule has 0 N–H and O–H groups in total. The molecule has 1 aromatic carbocycles. The normalized spacial score (nSPS) is 13.5. The van der Waals surface area contributed by atoms with Crippen LogP contribution in [0.15, 0.2) is 48.8 Å². The molecular weight excluding hydrogens is 326 g/mol. The monoisotopic (exact) mass is 345 g/mol. The van der Waals surface area contributed by atoms with Crippen molar-refractivity contribution in [1.29, 1.82) is 5.26 Å². The summed E-state index contributed by atoms with van der Waals surface area (Å²) in [5.41, 5.74) is 2.94. The molecule has 0 aliphatic heterocycles. The summed E-state index contributed by atoms with van der Waals surface area (Å²) in [5.74, 6) is 0.465. The van der Waals surface area contributed by atoms with Crippen molar-refractivity contribution in [3.05, 3.63) is 54.4 Å². The lowest BCUT2D eigenvalue weighted by molar-refractivity contribution is 0.0753. The average molecular weight is 345 g/mol. The number of fused-ring (bicyclic) bond motifs is 1. The first-order valence-corrected chi connectivity index (χ1v) is 8.82. The highest BCUT2D eigenvalue weighted by Gasteiger charge is 2.28. The zero-order valence-corrected chi connectivity index (χ0v) is 14.4. The van der Waals surface area contributed by atoms with Gasteiger partial charge >= 0.3 is 0 Å². The van der Waals surface area contributed by atoms with E-state index in [0.717, 1.165) is 24.1 Å². The van der Waals surface area contributed by atoms with Gasteiger partial charge in [0.25, 0.3) is 5.91 Å². The molecule has 2 aromatic heterocycles. The number of hydrogen-bond acceptors (Lipinski definition) is 4. The van der Waals surface area contributed by atoms with E-state index in [4.69, 9.17) is 5.26 Å². The summed E-state index contributed by atoms with van der Waals surface area (Å²) < 4.78 is 1.71. The van der Waals surface area contributed by atoms with E-state index in [1.54, 1.807) is 21.8 Å². The molecule has 1 aliphatic carbocycles. The molecule has 2 heterocycles. The van der Waals surface area contributed by atoms with Gasteiger partial charge in [0.05, 0.1) is 24.4 Å². The third-order valence-electron chi connectivity index (χ3n) is 4.66. The smallest absolute Gasteiger partial charge is 0.259 e. The predicted molar refractivity (Wildman–Crippen MR) is 97.3 cm³/mol. The van der Waals surface area contributed by atoms with E-state index in [0.29, 0.717) is 36.6 Å². The number of nitriles is 1. The first-order chi connectivity index (χ1) is 12.8. The quantitative estimate of drug-likeness (QED) is 0.688. The molecule has 0 saturated heterocycles. The van der Waals surface area contributed by atoms with E-state index in [2.05, 4.69) is 16.2 Å². The van der Waals surface area contributed by atoms with E-state index < -0.39 is 0 Å². The van der Waals surface area contributed by atoms with Crippen LogP contribution in [-0.4, -0.2) is 38.5 Å². The molecule has 26 heavy (non-hydrogen) atoms. The van der Waals surface area contributed by atoms with Crippen LogP contribution < -0.4 is 0 Å². The van der Waals surface area contributed by atoms with Gasteiger partial charge in [0, 0.05) is 24.8 Å². The standard InChI is InChI=1S/C20H19N5O/c21-10-4-12-24(14-15-7-8-15)20(26)17-13-23-25-18(9-11-22-19(17)25)16-5-2-1-3-6-16/h1-3,5-6,9,11,13,15H,4,7-8,12,14H2. The number of rotatable bonds is 6. The molecule has 0 bridgehead atoms.